The Morgan fingerprint density at radius 3 is 2.36 bits per heavy atom. The SMILES string of the molecule is CN1C(=O)[C@H](NC(=O)C(C)(C)NC(=O)Cc2cccc(F)n2)CN(c2ccc(OC(F)(F)F)cc2)c2ccc(F)cc21. The van der Waals surface area contributed by atoms with Crippen LogP contribution in [0.2, 0.25) is 0 Å². The van der Waals surface area contributed by atoms with E-state index in [0.29, 0.717) is 11.4 Å². The van der Waals surface area contributed by atoms with Gasteiger partial charge in [-0.15, -0.1) is 13.2 Å². The second-order valence-corrected chi connectivity index (χ2v) is 10.0. The van der Waals surface area contributed by atoms with E-state index in [4.69, 9.17) is 0 Å². The van der Waals surface area contributed by atoms with E-state index in [9.17, 15) is 36.3 Å². The number of likely N-dealkylation sites (N-methyl/N-ethyl adjacent to an activating group) is 1. The van der Waals surface area contributed by atoms with E-state index >= 15 is 0 Å². The van der Waals surface area contributed by atoms with Gasteiger partial charge in [0.15, 0.2) is 0 Å². The maximum atomic E-state index is 14.2. The number of nitrogens with one attached hydrogen (secondary N) is 2. The lowest BCUT2D eigenvalue weighted by molar-refractivity contribution is -0.274. The van der Waals surface area contributed by atoms with Gasteiger partial charge in [0.05, 0.1) is 30.0 Å². The quantitative estimate of drug-likeness (QED) is 0.318. The lowest BCUT2D eigenvalue weighted by Crippen LogP contribution is -2.60. The van der Waals surface area contributed by atoms with Crippen molar-refractivity contribution in [3.63, 3.8) is 0 Å². The van der Waals surface area contributed by atoms with E-state index in [1.807, 2.05) is 0 Å². The lowest BCUT2D eigenvalue weighted by Gasteiger charge is -2.30. The fourth-order valence-electron chi connectivity index (χ4n) is 4.39. The van der Waals surface area contributed by atoms with Crippen LogP contribution in [-0.4, -0.2) is 54.2 Å². The molecule has 3 amide bonds. The molecule has 9 nitrogen and oxygen atoms in total. The Bertz CT molecular complexity index is 1500. The molecule has 0 spiro atoms. The van der Waals surface area contributed by atoms with E-state index < -0.39 is 53.2 Å². The molecule has 2 heterocycles. The fraction of sp³-hybridized carbons (Fsp3) is 0.286. The molecule has 222 valence electrons. The molecule has 0 unspecified atom stereocenters. The predicted octanol–water partition coefficient (Wildman–Crippen LogP) is 4.00. The van der Waals surface area contributed by atoms with Crippen LogP contribution in [0.15, 0.2) is 60.7 Å². The second-order valence-electron chi connectivity index (χ2n) is 10.0. The smallest absolute Gasteiger partial charge is 0.406 e. The van der Waals surface area contributed by atoms with Gasteiger partial charge in [0.1, 0.15) is 23.1 Å². The summed E-state index contributed by atoms with van der Waals surface area (Å²) >= 11 is 0. The minimum atomic E-state index is -4.89. The molecule has 2 N–H and O–H groups in total. The van der Waals surface area contributed by atoms with Crippen molar-refractivity contribution in [2.24, 2.45) is 0 Å². The highest BCUT2D eigenvalue weighted by atomic mass is 19.4. The summed E-state index contributed by atoms with van der Waals surface area (Å²) in [6.45, 7) is 2.63. The second kappa shape index (κ2) is 11.6. The summed E-state index contributed by atoms with van der Waals surface area (Å²) < 4.78 is 69.5. The van der Waals surface area contributed by atoms with E-state index in [0.717, 1.165) is 35.2 Å². The minimum absolute atomic E-state index is 0.150. The van der Waals surface area contributed by atoms with Crippen LogP contribution in [0.25, 0.3) is 0 Å². The monoisotopic (exact) mass is 591 g/mol. The van der Waals surface area contributed by atoms with Crippen LogP contribution in [0.4, 0.5) is 39.0 Å². The number of carbonyl (C=O) groups excluding carboxylic acids is 3. The molecule has 1 aromatic heterocycles. The Labute approximate surface area is 237 Å². The summed E-state index contributed by atoms with van der Waals surface area (Å²) in [4.78, 5) is 45.7. The molecule has 14 heteroatoms. The van der Waals surface area contributed by atoms with Crippen molar-refractivity contribution >= 4 is 34.8 Å². The van der Waals surface area contributed by atoms with Gasteiger partial charge in [-0.3, -0.25) is 14.4 Å². The number of ether oxygens (including phenoxy) is 1. The Morgan fingerprint density at radius 1 is 1.02 bits per heavy atom. The Kier molecular flexibility index (Phi) is 8.36. The first-order chi connectivity index (χ1) is 19.6. The van der Waals surface area contributed by atoms with Gasteiger partial charge in [0.2, 0.25) is 17.8 Å². The summed E-state index contributed by atoms with van der Waals surface area (Å²) in [7, 11) is 1.39. The first-order valence-electron chi connectivity index (χ1n) is 12.6. The van der Waals surface area contributed by atoms with Crippen molar-refractivity contribution in [1.82, 2.24) is 15.6 Å². The molecule has 0 fully saturated rings. The van der Waals surface area contributed by atoms with Crippen molar-refractivity contribution in [2.45, 2.75) is 38.2 Å². The van der Waals surface area contributed by atoms with Crippen LogP contribution in [0, 0.1) is 11.8 Å². The highest BCUT2D eigenvalue weighted by Crippen LogP contribution is 2.38. The summed E-state index contributed by atoms with van der Waals surface area (Å²) in [6.07, 6.45) is -5.20. The van der Waals surface area contributed by atoms with E-state index in [1.165, 1.54) is 51.2 Å². The number of amides is 3. The number of fused-ring (bicyclic) bond motifs is 1. The van der Waals surface area contributed by atoms with E-state index in [-0.39, 0.29) is 24.3 Å². The standard InChI is InChI=1S/C28H26F5N5O4/c1-27(2,36-24(39)14-17-5-4-6-23(30)34-17)26(41)35-20-15-38(18-8-10-19(11-9-18)42-28(31,32)33)21-12-7-16(29)13-22(21)37(3)25(20)40/h4-13,20H,14-15H2,1-3H3,(H,35,41)(H,36,39)/t20-/m1/s1. The van der Waals surface area contributed by atoms with Crippen LogP contribution in [0.5, 0.6) is 5.75 Å². The molecule has 1 aliphatic heterocycles. The van der Waals surface area contributed by atoms with Crippen LogP contribution in [-0.2, 0) is 20.8 Å². The zero-order valence-electron chi connectivity index (χ0n) is 22.6. The van der Waals surface area contributed by atoms with Crippen LogP contribution >= 0.6 is 0 Å². The number of hydrogen-bond donors (Lipinski definition) is 2. The first-order valence-corrected chi connectivity index (χ1v) is 12.6. The minimum Gasteiger partial charge on any atom is -0.406 e. The Balaban J connectivity index is 1.58. The van der Waals surface area contributed by atoms with Crippen LogP contribution < -0.4 is 25.2 Å². The Hall–Kier alpha value is -4.75. The summed E-state index contributed by atoms with van der Waals surface area (Å²) in [6, 6.07) is 11.3. The highest BCUT2D eigenvalue weighted by Gasteiger charge is 2.38. The van der Waals surface area contributed by atoms with Crippen molar-refractivity contribution < 1.29 is 41.1 Å². The number of halogens is 5. The molecular weight excluding hydrogens is 565 g/mol. The third-order valence-electron chi connectivity index (χ3n) is 6.40. The molecule has 1 aliphatic rings. The molecule has 4 rings (SSSR count). The van der Waals surface area contributed by atoms with E-state index in [2.05, 4.69) is 20.4 Å². The molecule has 0 radical (unpaired) electrons. The van der Waals surface area contributed by atoms with Gasteiger partial charge in [-0.25, -0.2) is 9.37 Å². The number of anilines is 3. The first kappa shape index (κ1) is 30.2. The average molecular weight is 592 g/mol. The van der Waals surface area contributed by atoms with Crippen molar-refractivity contribution in [3.8, 4) is 5.75 Å². The molecule has 0 bridgehead atoms. The zero-order valence-corrected chi connectivity index (χ0v) is 22.6. The topological polar surface area (TPSA) is 104 Å². The number of hydrogen-bond acceptors (Lipinski definition) is 6. The number of pyridine rings is 1. The summed E-state index contributed by atoms with van der Waals surface area (Å²) in [5.74, 6) is -3.84. The van der Waals surface area contributed by atoms with Gasteiger partial charge in [0, 0.05) is 12.7 Å². The van der Waals surface area contributed by atoms with Gasteiger partial charge in [-0.05, 0) is 68.4 Å². The average Bonchev–Trinajstić information content (AvgIpc) is 2.98. The van der Waals surface area contributed by atoms with Gasteiger partial charge >= 0.3 is 6.36 Å². The lowest BCUT2D eigenvalue weighted by atomic mass is 10.0. The molecule has 0 saturated heterocycles. The molecular formula is C28H26F5N5O4. The van der Waals surface area contributed by atoms with Crippen LogP contribution in [0.1, 0.15) is 19.5 Å². The molecule has 0 saturated carbocycles. The van der Waals surface area contributed by atoms with Crippen molar-refractivity contribution in [1.29, 1.82) is 0 Å². The van der Waals surface area contributed by atoms with Gasteiger partial charge < -0.3 is 25.2 Å². The molecule has 0 aliphatic carbocycles. The Morgan fingerprint density at radius 2 is 1.71 bits per heavy atom. The van der Waals surface area contributed by atoms with Crippen molar-refractivity contribution in [2.75, 3.05) is 23.4 Å². The number of aromatic nitrogens is 1. The number of carbonyl (C=O) groups is 3. The van der Waals surface area contributed by atoms with Crippen LogP contribution in [0.3, 0.4) is 0 Å². The largest absolute Gasteiger partial charge is 0.573 e. The zero-order chi connectivity index (χ0) is 30.8. The molecule has 2 aromatic carbocycles. The number of alkyl halides is 3. The maximum absolute atomic E-state index is 14.2. The summed E-state index contributed by atoms with van der Waals surface area (Å²) in [5.41, 5.74) is -0.548. The number of benzene rings is 2. The maximum Gasteiger partial charge on any atom is 0.573 e. The fourth-order valence-corrected chi connectivity index (χ4v) is 4.39. The van der Waals surface area contributed by atoms with Gasteiger partial charge in [-0.1, -0.05) is 6.07 Å². The molecule has 1 atom stereocenters. The summed E-state index contributed by atoms with van der Waals surface area (Å²) in [5, 5.41) is 5.16. The van der Waals surface area contributed by atoms with Gasteiger partial charge in [-0.2, -0.15) is 4.39 Å². The third kappa shape index (κ3) is 7.11. The number of nitrogens with zero attached hydrogens (tertiary/aromatic N) is 3. The highest BCUT2D eigenvalue weighted by molar-refractivity contribution is 6.04. The van der Waals surface area contributed by atoms with E-state index in [1.54, 1.807) is 4.90 Å². The number of rotatable bonds is 7. The van der Waals surface area contributed by atoms with Gasteiger partial charge in [0.25, 0.3) is 5.91 Å². The predicted molar refractivity (Wildman–Crippen MR) is 142 cm³/mol. The normalized spacial score (nSPS) is 15.5. The molecule has 42 heavy (non-hydrogen) atoms. The third-order valence-corrected chi connectivity index (χ3v) is 6.40. The van der Waals surface area contributed by atoms with Crippen molar-refractivity contribution in [3.05, 3.63) is 78.1 Å². The molecule has 3 aromatic rings.